The molecule has 5 heteroatoms. The van der Waals surface area contributed by atoms with Crippen LogP contribution in [0.1, 0.15) is 6.42 Å². The van der Waals surface area contributed by atoms with E-state index in [0.717, 1.165) is 34.8 Å². The van der Waals surface area contributed by atoms with Crippen molar-refractivity contribution in [2.45, 2.75) is 11.6 Å². The number of aromatic nitrogens is 1. The fourth-order valence-corrected chi connectivity index (χ4v) is 2.74. The van der Waals surface area contributed by atoms with Gasteiger partial charge in [0.05, 0.1) is 13.7 Å². The molecule has 0 atom stereocenters. The summed E-state index contributed by atoms with van der Waals surface area (Å²) in [5.41, 5.74) is 1.74. The molecule has 3 rings (SSSR count). The Labute approximate surface area is 133 Å². The van der Waals surface area contributed by atoms with Crippen LogP contribution in [0.25, 0.3) is 11.1 Å². The molecule has 0 aliphatic heterocycles. The lowest BCUT2D eigenvalue weighted by Crippen LogP contribution is -1.98. The first kappa shape index (κ1) is 14.8. The third-order valence-electron chi connectivity index (χ3n) is 3.12. The van der Waals surface area contributed by atoms with Gasteiger partial charge in [0, 0.05) is 5.75 Å². The molecule has 0 saturated carbocycles. The molecule has 0 fully saturated rings. The number of thioether (sulfide) groups is 1. The maximum Gasteiger partial charge on any atom is 0.256 e. The molecule has 3 aromatic rings. The molecule has 0 aliphatic rings. The van der Waals surface area contributed by atoms with Gasteiger partial charge >= 0.3 is 0 Å². The lowest BCUT2D eigenvalue weighted by atomic mass is 10.3. The summed E-state index contributed by atoms with van der Waals surface area (Å²) in [6.45, 7) is 0.666. The average Bonchev–Trinajstić information content (AvgIpc) is 2.98. The molecule has 0 N–H and O–H groups in total. The highest BCUT2D eigenvalue weighted by atomic mass is 32.2. The summed E-state index contributed by atoms with van der Waals surface area (Å²) in [7, 11) is 1.65. The number of para-hydroxylation sites is 2. The Kier molecular flexibility index (Phi) is 4.85. The highest BCUT2D eigenvalue weighted by Gasteiger charge is 2.05. The second kappa shape index (κ2) is 7.22. The van der Waals surface area contributed by atoms with Gasteiger partial charge in [0.1, 0.15) is 17.0 Å². The van der Waals surface area contributed by atoms with Crippen LogP contribution in [-0.2, 0) is 0 Å². The van der Waals surface area contributed by atoms with Crippen LogP contribution in [0, 0.1) is 0 Å². The number of methoxy groups -OCH3 is 1. The molecule has 114 valence electrons. The monoisotopic (exact) mass is 315 g/mol. The van der Waals surface area contributed by atoms with E-state index in [0.29, 0.717) is 11.8 Å². The molecule has 0 spiro atoms. The number of oxazole rings is 1. The standard InChI is InChI=1S/C17H17NO3S/c1-19-13-7-9-14(10-8-13)20-11-4-12-22-17-18-15-5-2-3-6-16(15)21-17/h2-3,5-10H,4,11-12H2,1H3. The van der Waals surface area contributed by atoms with Crippen molar-refractivity contribution >= 4 is 22.9 Å². The lowest BCUT2D eigenvalue weighted by Gasteiger charge is -2.06. The first-order valence-electron chi connectivity index (χ1n) is 7.10. The molecule has 22 heavy (non-hydrogen) atoms. The van der Waals surface area contributed by atoms with Gasteiger partial charge < -0.3 is 13.9 Å². The van der Waals surface area contributed by atoms with Crippen molar-refractivity contribution in [3.8, 4) is 11.5 Å². The Morgan fingerprint density at radius 2 is 1.82 bits per heavy atom. The summed E-state index contributed by atoms with van der Waals surface area (Å²) < 4.78 is 16.4. The van der Waals surface area contributed by atoms with Crippen LogP contribution in [0.3, 0.4) is 0 Å². The quantitative estimate of drug-likeness (QED) is 0.478. The lowest BCUT2D eigenvalue weighted by molar-refractivity contribution is 0.317. The summed E-state index contributed by atoms with van der Waals surface area (Å²) in [5, 5.41) is 0.714. The van der Waals surface area contributed by atoms with Crippen molar-refractivity contribution in [1.82, 2.24) is 4.98 Å². The van der Waals surface area contributed by atoms with Gasteiger partial charge in [0.25, 0.3) is 5.22 Å². The Bertz CT molecular complexity index is 691. The molecule has 0 amide bonds. The van der Waals surface area contributed by atoms with E-state index in [1.165, 1.54) is 0 Å². The van der Waals surface area contributed by atoms with Gasteiger partial charge in [-0.25, -0.2) is 4.98 Å². The Morgan fingerprint density at radius 1 is 1.05 bits per heavy atom. The average molecular weight is 315 g/mol. The molecule has 0 unspecified atom stereocenters. The summed E-state index contributed by atoms with van der Waals surface area (Å²) in [6.07, 6.45) is 0.926. The second-order valence-electron chi connectivity index (χ2n) is 4.67. The number of nitrogens with zero attached hydrogens (tertiary/aromatic N) is 1. The molecule has 1 heterocycles. The maximum absolute atomic E-state index is 5.68. The highest BCUT2D eigenvalue weighted by Crippen LogP contribution is 2.23. The van der Waals surface area contributed by atoms with Crippen LogP contribution in [0.4, 0.5) is 0 Å². The third-order valence-corrected chi connectivity index (χ3v) is 4.03. The smallest absolute Gasteiger partial charge is 0.256 e. The molecular weight excluding hydrogens is 298 g/mol. The fraction of sp³-hybridized carbons (Fsp3) is 0.235. The van der Waals surface area contributed by atoms with Crippen LogP contribution < -0.4 is 9.47 Å². The van der Waals surface area contributed by atoms with Gasteiger partial charge in [-0.1, -0.05) is 23.9 Å². The topological polar surface area (TPSA) is 44.5 Å². The van der Waals surface area contributed by atoms with Crippen LogP contribution in [0.5, 0.6) is 11.5 Å². The molecule has 0 aliphatic carbocycles. The van der Waals surface area contributed by atoms with Gasteiger partial charge in [0.2, 0.25) is 0 Å². The first-order valence-corrected chi connectivity index (χ1v) is 8.09. The largest absolute Gasteiger partial charge is 0.497 e. The van der Waals surface area contributed by atoms with Gasteiger partial charge in [-0.05, 0) is 42.8 Å². The summed E-state index contributed by atoms with van der Waals surface area (Å²) in [4.78, 5) is 4.43. The molecule has 4 nitrogen and oxygen atoms in total. The van der Waals surface area contributed by atoms with Crippen LogP contribution in [-0.4, -0.2) is 24.5 Å². The first-order chi connectivity index (χ1) is 10.8. The Hall–Kier alpha value is -2.14. The number of rotatable bonds is 7. The normalized spacial score (nSPS) is 10.8. The van der Waals surface area contributed by atoms with Crippen molar-refractivity contribution in [1.29, 1.82) is 0 Å². The third kappa shape index (κ3) is 3.74. The van der Waals surface area contributed by atoms with Gasteiger partial charge in [-0.15, -0.1) is 0 Å². The highest BCUT2D eigenvalue weighted by molar-refractivity contribution is 7.99. The van der Waals surface area contributed by atoms with E-state index < -0.39 is 0 Å². The zero-order chi connectivity index (χ0) is 15.2. The minimum atomic E-state index is 0.666. The van der Waals surface area contributed by atoms with E-state index in [4.69, 9.17) is 13.9 Å². The van der Waals surface area contributed by atoms with Gasteiger partial charge in [0.15, 0.2) is 5.58 Å². The number of benzene rings is 2. The molecule has 0 radical (unpaired) electrons. The van der Waals surface area contributed by atoms with E-state index in [1.807, 2.05) is 48.5 Å². The predicted octanol–water partition coefficient (Wildman–Crippen LogP) is 4.40. The summed E-state index contributed by atoms with van der Waals surface area (Å²) >= 11 is 1.61. The van der Waals surface area contributed by atoms with E-state index in [1.54, 1.807) is 18.9 Å². The summed E-state index contributed by atoms with van der Waals surface area (Å²) in [5.74, 6) is 2.59. The van der Waals surface area contributed by atoms with E-state index >= 15 is 0 Å². The minimum Gasteiger partial charge on any atom is -0.497 e. The van der Waals surface area contributed by atoms with Crippen molar-refractivity contribution in [2.75, 3.05) is 19.5 Å². The molecule has 0 bridgehead atoms. The molecule has 1 aromatic heterocycles. The fourth-order valence-electron chi connectivity index (χ4n) is 1.99. The SMILES string of the molecule is COc1ccc(OCCCSc2nc3ccccc3o2)cc1. The van der Waals surface area contributed by atoms with Gasteiger partial charge in [-0.2, -0.15) is 0 Å². The number of ether oxygens (including phenoxy) is 2. The molecular formula is C17H17NO3S. The van der Waals surface area contributed by atoms with E-state index in [2.05, 4.69) is 4.98 Å². The Balaban J connectivity index is 1.41. The van der Waals surface area contributed by atoms with Gasteiger partial charge in [-0.3, -0.25) is 0 Å². The zero-order valence-corrected chi connectivity index (χ0v) is 13.1. The molecule has 2 aromatic carbocycles. The number of hydrogen-bond donors (Lipinski definition) is 0. The van der Waals surface area contributed by atoms with Crippen LogP contribution in [0.15, 0.2) is 58.2 Å². The number of fused-ring (bicyclic) bond motifs is 1. The minimum absolute atomic E-state index is 0.666. The Morgan fingerprint density at radius 3 is 2.59 bits per heavy atom. The van der Waals surface area contributed by atoms with Crippen molar-refractivity contribution in [3.63, 3.8) is 0 Å². The molecule has 0 saturated heterocycles. The van der Waals surface area contributed by atoms with E-state index in [-0.39, 0.29) is 0 Å². The number of hydrogen-bond acceptors (Lipinski definition) is 5. The summed E-state index contributed by atoms with van der Waals surface area (Å²) in [6, 6.07) is 15.4. The second-order valence-corrected chi connectivity index (χ2v) is 5.72. The zero-order valence-electron chi connectivity index (χ0n) is 12.3. The van der Waals surface area contributed by atoms with Crippen molar-refractivity contribution in [2.24, 2.45) is 0 Å². The van der Waals surface area contributed by atoms with Crippen molar-refractivity contribution < 1.29 is 13.9 Å². The van der Waals surface area contributed by atoms with Crippen LogP contribution in [0.2, 0.25) is 0 Å². The predicted molar refractivity (Wildman–Crippen MR) is 87.8 cm³/mol. The maximum atomic E-state index is 5.68. The van der Waals surface area contributed by atoms with E-state index in [9.17, 15) is 0 Å². The van der Waals surface area contributed by atoms with Crippen molar-refractivity contribution in [3.05, 3.63) is 48.5 Å². The van der Waals surface area contributed by atoms with Crippen LogP contribution >= 0.6 is 11.8 Å².